The third-order valence-corrected chi connectivity index (χ3v) is 3.85. The van der Waals surface area contributed by atoms with Crippen LogP contribution < -0.4 is 0 Å². The van der Waals surface area contributed by atoms with Gasteiger partial charge in [-0.2, -0.15) is 0 Å². The summed E-state index contributed by atoms with van der Waals surface area (Å²) in [5, 5.41) is 0. The normalized spacial score (nSPS) is 17.6. The Morgan fingerprint density at radius 3 is 2.69 bits per heavy atom. The third-order valence-electron chi connectivity index (χ3n) is 3.85. The fraction of sp³-hybridized carbons (Fsp3) is 0.625. The monoisotopic (exact) mass is 216 g/mol. The van der Waals surface area contributed by atoms with Crippen LogP contribution in [-0.4, -0.2) is 0 Å². The number of hydrogen-bond acceptors (Lipinski definition) is 0. The highest BCUT2D eigenvalue weighted by Crippen LogP contribution is 2.32. The van der Waals surface area contributed by atoms with Crippen molar-refractivity contribution in [2.24, 2.45) is 0 Å². The van der Waals surface area contributed by atoms with E-state index < -0.39 is 0 Å². The van der Waals surface area contributed by atoms with Crippen molar-refractivity contribution in [2.75, 3.05) is 0 Å². The highest BCUT2D eigenvalue weighted by atomic mass is 14.2. The molecule has 0 nitrogen and oxygen atoms in total. The Kier molecular flexibility index (Phi) is 4.44. The fourth-order valence-corrected chi connectivity index (χ4v) is 2.82. The number of benzene rings is 1. The van der Waals surface area contributed by atoms with Gasteiger partial charge >= 0.3 is 0 Å². The van der Waals surface area contributed by atoms with Crippen LogP contribution in [0.3, 0.4) is 0 Å². The standard InChI is InChI=1S/C16H24/c1-2-3-8-14-9-7-12-16(13-14)15-10-5-4-6-11-15/h7,9,12-13,15H,2-6,8,10-11H2,1H3. The molecule has 88 valence electrons. The van der Waals surface area contributed by atoms with Gasteiger partial charge in [-0.05, 0) is 42.7 Å². The summed E-state index contributed by atoms with van der Waals surface area (Å²) >= 11 is 0. The van der Waals surface area contributed by atoms with E-state index in [-0.39, 0.29) is 0 Å². The Morgan fingerprint density at radius 1 is 1.12 bits per heavy atom. The van der Waals surface area contributed by atoms with Gasteiger partial charge in [0.25, 0.3) is 0 Å². The lowest BCUT2D eigenvalue weighted by Crippen LogP contribution is -2.04. The molecule has 2 rings (SSSR count). The van der Waals surface area contributed by atoms with Crippen LogP contribution in [0.5, 0.6) is 0 Å². The summed E-state index contributed by atoms with van der Waals surface area (Å²) in [5.41, 5.74) is 3.15. The first-order valence-electron chi connectivity index (χ1n) is 6.99. The topological polar surface area (TPSA) is 0 Å². The molecular weight excluding hydrogens is 192 g/mol. The van der Waals surface area contributed by atoms with Gasteiger partial charge < -0.3 is 0 Å². The van der Waals surface area contributed by atoms with E-state index >= 15 is 0 Å². The van der Waals surface area contributed by atoms with Gasteiger partial charge in [0.2, 0.25) is 0 Å². The summed E-state index contributed by atoms with van der Waals surface area (Å²) in [5.74, 6) is 0.857. The number of hydrogen-bond donors (Lipinski definition) is 0. The fourth-order valence-electron chi connectivity index (χ4n) is 2.82. The van der Waals surface area contributed by atoms with Crippen LogP contribution in [0.2, 0.25) is 0 Å². The van der Waals surface area contributed by atoms with E-state index in [0.717, 1.165) is 5.92 Å². The van der Waals surface area contributed by atoms with E-state index in [4.69, 9.17) is 0 Å². The minimum Gasteiger partial charge on any atom is -0.0654 e. The molecule has 0 spiro atoms. The molecule has 1 aliphatic rings. The lowest BCUT2D eigenvalue weighted by molar-refractivity contribution is 0.443. The van der Waals surface area contributed by atoms with Gasteiger partial charge in [0.15, 0.2) is 0 Å². The molecule has 1 aromatic rings. The molecule has 0 saturated heterocycles. The van der Waals surface area contributed by atoms with E-state index in [2.05, 4.69) is 31.2 Å². The summed E-state index contributed by atoms with van der Waals surface area (Å²) < 4.78 is 0. The Morgan fingerprint density at radius 2 is 1.94 bits per heavy atom. The molecule has 0 atom stereocenters. The van der Waals surface area contributed by atoms with E-state index in [1.54, 1.807) is 11.1 Å². The smallest absolute Gasteiger partial charge is 0.0162 e. The lowest BCUT2D eigenvalue weighted by atomic mass is 9.83. The molecular formula is C16H24. The Hall–Kier alpha value is -0.780. The highest BCUT2D eigenvalue weighted by Gasteiger charge is 2.15. The van der Waals surface area contributed by atoms with Crippen molar-refractivity contribution in [3.8, 4) is 0 Å². The van der Waals surface area contributed by atoms with E-state index in [1.165, 1.54) is 51.4 Å². The number of unbranched alkanes of at least 4 members (excludes halogenated alkanes) is 1. The van der Waals surface area contributed by atoms with Gasteiger partial charge in [-0.1, -0.05) is 56.9 Å². The van der Waals surface area contributed by atoms with Crippen LogP contribution in [0, 0.1) is 0 Å². The predicted molar refractivity (Wildman–Crippen MR) is 70.9 cm³/mol. The van der Waals surface area contributed by atoms with Crippen LogP contribution in [0.1, 0.15) is 68.9 Å². The zero-order valence-corrected chi connectivity index (χ0v) is 10.5. The maximum absolute atomic E-state index is 2.46. The molecule has 0 unspecified atom stereocenters. The summed E-state index contributed by atoms with van der Waals surface area (Å²) in [6.07, 6.45) is 11.0. The van der Waals surface area contributed by atoms with E-state index in [1.807, 2.05) is 0 Å². The molecule has 0 aromatic heterocycles. The van der Waals surface area contributed by atoms with Gasteiger partial charge in [-0.25, -0.2) is 0 Å². The minimum absolute atomic E-state index is 0.857. The first-order chi connectivity index (χ1) is 7.90. The van der Waals surface area contributed by atoms with Crippen molar-refractivity contribution in [1.29, 1.82) is 0 Å². The molecule has 0 heteroatoms. The molecule has 0 heterocycles. The molecule has 0 aliphatic heterocycles. The second-order valence-electron chi connectivity index (χ2n) is 5.18. The average Bonchev–Trinajstić information content (AvgIpc) is 2.38. The maximum atomic E-state index is 2.46. The van der Waals surface area contributed by atoms with Crippen molar-refractivity contribution in [3.63, 3.8) is 0 Å². The average molecular weight is 216 g/mol. The van der Waals surface area contributed by atoms with Crippen molar-refractivity contribution >= 4 is 0 Å². The maximum Gasteiger partial charge on any atom is -0.0162 e. The summed E-state index contributed by atoms with van der Waals surface area (Å²) in [6.45, 7) is 2.27. The van der Waals surface area contributed by atoms with Crippen LogP contribution >= 0.6 is 0 Å². The van der Waals surface area contributed by atoms with Crippen LogP contribution in [-0.2, 0) is 6.42 Å². The molecule has 16 heavy (non-hydrogen) atoms. The van der Waals surface area contributed by atoms with E-state index in [0.29, 0.717) is 0 Å². The van der Waals surface area contributed by atoms with Crippen molar-refractivity contribution in [2.45, 2.75) is 64.2 Å². The predicted octanol–water partition coefficient (Wildman–Crippen LogP) is 5.08. The van der Waals surface area contributed by atoms with E-state index in [9.17, 15) is 0 Å². The second kappa shape index (κ2) is 6.08. The summed E-state index contributed by atoms with van der Waals surface area (Å²) in [6, 6.07) is 9.36. The molecule has 1 aromatic carbocycles. The van der Waals surface area contributed by atoms with Crippen molar-refractivity contribution in [3.05, 3.63) is 35.4 Å². The number of aryl methyl sites for hydroxylation is 1. The Labute approximate surface area is 100 Å². The first kappa shape index (κ1) is 11.7. The first-order valence-corrected chi connectivity index (χ1v) is 6.99. The van der Waals surface area contributed by atoms with Crippen LogP contribution in [0.25, 0.3) is 0 Å². The quantitative estimate of drug-likeness (QED) is 0.658. The van der Waals surface area contributed by atoms with Gasteiger partial charge in [-0.3, -0.25) is 0 Å². The zero-order chi connectivity index (χ0) is 11.2. The highest BCUT2D eigenvalue weighted by molar-refractivity contribution is 5.26. The molecule has 0 amide bonds. The Balaban J connectivity index is 2.02. The van der Waals surface area contributed by atoms with Crippen molar-refractivity contribution < 1.29 is 0 Å². The minimum atomic E-state index is 0.857. The molecule has 1 fully saturated rings. The van der Waals surface area contributed by atoms with Gasteiger partial charge in [0.05, 0.1) is 0 Å². The van der Waals surface area contributed by atoms with Gasteiger partial charge in [0.1, 0.15) is 0 Å². The SMILES string of the molecule is CCCCc1cccc(C2CCCCC2)c1. The molecule has 0 N–H and O–H groups in total. The van der Waals surface area contributed by atoms with Gasteiger partial charge in [-0.15, -0.1) is 0 Å². The van der Waals surface area contributed by atoms with Gasteiger partial charge in [0, 0.05) is 0 Å². The van der Waals surface area contributed by atoms with Crippen LogP contribution in [0.15, 0.2) is 24.3 Å². The molecule has 1 saturated carbocycles. The summed E-state index contributed by atoms with van der Waals surface area (Å²) in [7, 11) is 0. The third kappa shape index (κ3) is 3.10. The summed E-state index contributed by atoms with van der Waals surface area (Å²) in [4.78, 5) is 0. The van der Waals surface area contributed by atoms with Crippen LogP contribution in [0.4, 0.5) is 0 Å². The molecule has 0 bridgehead atoms. The Bertz CT molecular complexity index is 308. The largest absolute Gasteiger partial charge is 0.0654 e. The molecule has 1 aliphatic carbocycles. The van der Waals surface area contributed by atoms with Crippen molar-refractivity contribution in [1.82, 2.24) is 0 Å². The second-order valence-corrected chi connectivity index (χ2v) is 5.18. The lowest BCUT2D eigenvalue weighted by Gasteiger charge is -2.22. The zero-order valence-electron chi connectivity index (χ0n) is 10.5. The number of rotatable bonds is 4. The molecule has 0 radical (unpaired) electrons.